The van der Waals surface area contributed by atoms with Crippen molar-refractivity contribution in [3.05, 3.63) is 42.5 Å². The fraction of sp³-hybridized carbons (Fsp3) is 0.412. The van der Waals surface area contributed by atoms with E-state index in [1.165, 1.54) is 15.7 Å². The molecule has 2 N–H and O–H groups in total. The summed E-state index contributed by atoms with van der Waals surface area (Å²) in [4.78, 5) is 3.57. The predicted molar refractivity (Wildman–Crippen MR) is 90.0 cm³/mol. The number of hydrogen-bond donors (Lipinski definition) is 2. The van der Waals surface area contributed by atoms with E-state index in [1.54, 1.807) is 11.8 Å². The first-order valence-corrected chi connectivity index (χ1v) is 8.52. The summed E-state index contributed by atoms with van der Waals surface area (Å²) in [7, 11) is 0. The average Bonchev–Trinajstić information content (AvgIpc) is 2.54. The lowest BCUT2D eigenvalue weighted by atomic mass is 10.1. The van der Waals surface area contributed by atoms with E-state index >= 15 is 0 Å². The van der Waals surface area contributed by atoms with Crippen LogP contribution in [0.25, 0.3) is 10.8 Å². The molecule has 0 bridgehead atoms. The predicted octanol–water partition coefficient (Wildman–Crippen LogP) is 2.20. The Balaban J connectivity index is 1.53. The highest BCUT2D eigenvalue weighted by molar-refractivity contribution is 7.99. The zero-order valence-corrected chi connectivity index (χ0v) is 13.0. The van der Waals surface area contributed by atoms with Crippen LogP contribution in [-0.2, 0) is 0 Å². The molecule has 1 aliphatic heterocycles. The smallest absolute Gasteiger partial charge is 0.0760 e. The molecule has 2 aromatic carbocycles. The maximum atomic E-state index is 10.2. The lowest BCUT2D eigenvalue weighted by Crippen LogP contribution is -2.46. The zero-order chi connectivity index (χ0) is 14.5. The van der Waals surface area contributed by atoms with Gasteiger partial charge in [-0.3, -0.25) is 4.90 Å². The number of aliphatic hydroxyl groups is 1. The molecule has 0 spiro atoms. The molecule has 21 heavy (non-hydrogen) atoms. The first-order chi connectivity index (χ1) is 10.3. The molecule has 112 valence electrons. The standard InChI is InChI=1S/C17H22N2OS/c20-16(12-19-9-7-18-8-10-19)13-21-17-6-5-14-3-1-2-4-15(14)11-17/h1-6,11,16,18,20H,7-10,12-13H2. The number of nitrogens with zero attached hydrogens (tertiary/aromatic N) is 1. The number of aliphatic hydroxyl groups excluding tert-OH is 1. The van der Waals surface area contributed by atoms with Crippen molar-refractivity contribution in [1.29, 1.82) is 0 Å². The lowest BCUT2D eigenvalue weighted by molar-refractivity contribution is 0.121. The van der Waals surface area contributed by atoms with Gasteiger partial charge in [0.1, 0.15) is 0 Å². The topological polar surface area (TPSA) is 35.5 Å². The van der Waals surface area contributed by atoms with Gasteiger partial charge in [-0.15, -0.1) is 11.8 Å². The Hall–Kier alpha value is -1.07. The molecule has 1 saturated heterocycles. The van der Waals surface area contributed by atoms with Crippen LogP contribution < -0.4 is 5.32 Å². The second-order valence-corrected chi connectivity index (χ2v) is 6.62. The molecule has 1 atom stereocenters. The highest BCUT2D eigenvalue weighted by atomic mass is 32.2. The van der Waals surface area contributed by atoms with Gasteiger partial charge in [0, 0.05) is 43.4 Å². The summed E-state index contributed by atoms with van der Waals surface area (Å²) in [5, 5.41) is 16.1. The Labute approximate surface area is 130 Å². The van der Waals surface area contributed by atoms with Crippen molar-refractivity contribution in [3.63, 3.8) is 0 Å². The third-order valence-corrected chi connectivity index (χ3v) is 4.98. The minimum Gasteiger partial charge on any atom is -0.391 e. The van der Waals surface area contributed by atoms with Gasteiger partial charge in [0.2, 0.25) is 0 Å². The number of piperazine rings is 1. The van der Waals surface area contributed by atoms with Crippen molar-refractivity contribution in [2.45, 2.75) is 11.0 Å². The Morgan fingerprint density at radius 3 is 2.67 bits per heavy atom. The monoisotopic (exact) mass is 302 g/mol. The van der Waals surface area contributed by atoms with E-state index in [1.807, 2.05) is 0 Å². The highest BCUT2D eigenvalue weighted by Crippen LogP contribution is 2.24. The van der Waals surface area contributed by atoms with Gasteiger partial charge in [0.15, 0.2) is 0 Å². The van der Waals surface area contributed by atoms with Gasteiger partial charge in [0.25, 0.3) is 0 Å². The molecule has 1 fully saturated rings. The van der Waals surface area contributed by atoms with Gasteiger partial charge < -0.3 is 10.4 Å². The van der Waals surface area contributed by atoms with Crippen LogP contribution in [-0.4, -0.2) is 54.6 Å². The molecule has 0 aliphatic carbocycles. The number of β-amino-alcohol motifs (C(OH)–C–C–N with tert-alkyl or cyclic N) is 1. The van der Waals surface area contributed by atoms with Crippen molar-refractivity contribution in [2.75, 3.05) is 38.5 Å². The van der Waals surface area contributed by atoms with Crippen LogP contribution in [0.2, 0.25) is 0 Å². The summed E-state index contributed by atoms with van der Waals surface area (Å²) in [6.45, 7) is 4.92. The molecule has 3 nitrogen and oxygen atoms in total. The average molecular weight is 302 g/mol. The van der Waals surface area contributed by atoms with E-state index in [9.17, 15) is 5.11 Å². The highest BCUT2D eigenvalue weighted by Gasteiger charge is 2.14. The maximum absolute atomic E-state index is 10.2. The van der Waals surface area contributed by atoms with E-state index in [-0.39, 0.29) is 6.10 Å². The Morgan fingerprint density at radius 1 is 1.10 bits per heavy atom. The first-order valence-electron chi connectivity index (χ1n) is 7.54. The van der Waals surface area contributed by atoms with Gasteiger partial charge in [-0.05, 0) is 22.9 Å². The largest absolute Gasteiger partial charge is 0.391 e. The van der Waals surface area contributed by atoms with Gasteiger partial charge in [0.05, 0.1) is 6.10 Å². The van der Waals surface area contributed by atoms with E-state index < -0.39 is 0 Å². The van der Waals surface area contributed by atoms with Gasteiger partial charge >= 0.3 is 0 Å². The molecule has 2 aromatic rings. The second-order valence-electron chi connectivity index (χ2n) is 5.52. The number of benzene rings is 2. The fourth-order valence-electron chi connectivity index (χ4n) is 2.69. The minimum atomic E-state index is -0.264. The van der Waals surface area contributed by atoms with Crippen LogP contribution in [0.15, 0.2) is 47.4 Å². The zero-order valence-electron chi connectivity index (χ0n) is 12.2. The SMILES string of the molecule is OC(CSc1ccc2ccccc2c1)CN1CCNCC1. The van der Waals surface area contributed by atoms with Crippen LogP contribution in [0.4, 0.5) is 0 Å². The van der Waals surface area contributed by atoms with Gasteiger partial charge in [-0.25, -0.2) is 0 Å². The van der Waals surface area contributed by atoms with Gasteiger partial charge in [-0.2, -0.15) is 0 Å². The Bertz CT molecular complexity index is 584. The Morgan fingerprint density at radius 2 is 1.86 bits per heavy atom. The number of fused-ring (bicyclic) bond motifs is 1. The quantitative estimate of drug-likeness (QED) is 0.830. The molecule has 1 aliphatic rings. The summed E-state index contributed by atoms with van der Waals surface area (Å²) in [6.07, 6.45) is -0.264. The summed E-state index contributed by atoms with van der Waals surface area (Å²) in [5.41, 5.74) is 0. The molecular weight excluding hydrogens is 280 g/mol. The summed E-state index contributed by atoms with van der Waals surface area (Å²) in [6, 6.07) is 14.9. The van der Waals surface area contributed by atoms with Crippen molar-refractivity contribution in [3.8, 4) is 0 Å². The van der Waals surface area contributed by atoms with Crippen molar-refractivity contribution < 1.29 is 5.11 Å². The van der Waals surface area contributed by atoms with Crippen molar-refractivity contribution >= 4 is 22.5 Å². The van der Waals surface area contributed by atoms with Crippen LogP contribution in [0.5, 0.6) is 0 Å². The number of rotatable bonds is 5. The second kappa shape index (κ2) is 7.27. The minimum absolute atomic E-state index is 0.264. The van der Waals surface area contributed by atoms with Gasteiger partial charge in [-0.1, -0.05) is 30.3 Å². The van der Waals surface area contributed by atoms with Crippen molar-refractivity contribution in [2.24, 2.45) is 0 Å². The first kappa shape index (κ1) is 14.9. The summed E-state index contributed by atoms with van der Waals surface area (Å²) < 4.78 is 0. The van der Waals surface area contributed by atoms with E-state index in [0.717, 1.165) is 38.5 Å². The van der Waals surface area contributed by atoms with Crippen LogP contribution in [0.1, 0.15) is 0 Å². The molecule has 0 radical (unpaired) electrons. The molecule has 1 heterocycles. The molecule has 0 amide bonds. The molecule has 0 aromatic heterocycles. The number of hydrogen-bond acceptors (Lipinski definition) is 4. The van der Waals surface area contributed by atoms with Crippen LogP contribution in [0.3, 0.4) is 0 Å². The Kier molecular flexibility index (Phi) is 5.14. The number of thioether (sulfide) groups is 1. The summed E-state index contributed by atoms with van der Waals surface area (Å²) >= 11 is 1.74. The van der Waals surface area contributed by atoms with Crippen LogP contribution in [0, 0.1) is 0 Å². The maximum Gasteiger partial charge on any atom is 0.0760 e. The normalized spacial score (nSPS) is 18.0. The molecule has 0 saturated carbocycles. The third-order valence-electron chi connectivity index (χ3n) is 3.84. The van der Waals surface area contributed by atoms with E-state index in [2.05, 4.69) is 52.7 Å². The molecular formula is C17H22N2OS. The van der Waals surface area contributed by atoms with Crippen LogP contribution >= 0.6 is 11.8 Å². The molecule has 1 unspecified atom stereocenters. The van der Waals surface area contributed by atoms with E-state index in [0.29, 0.717) is 0 Å². The number of nitrogens with one attached hydrogen (secondary N) is 1. The lowest BCUT2D eigenvalue weighted by Gasteiger charge is -2.28. The summed E-state index contributed by atoms with van der Waals surface area (Å²) in [5.74, 6) is 0.752. The fourth-order valence-corrected chi connectivity index (χ4v) is 3.56. The third kappa shape index (κ3) is 4.20. The molecule has 4 heteroatoms. The van der Waals surface area contributed by atoms with E-state index in [4.69, 9.17) is 0 Å². The van der Waals surface area contributed by atoms with Crippen molar-refractivity contribution in [1.82, 2.24) is 10.2 Å². The molecule has 3 rings (SSSR count).